The average molecular weight is 372 g/mol. The van der Waals surface area contributed by atoms with E-state index in [-0.39, 0.29) is 12.5 Å². The van der Waals surface area contributed by atoms with E-state index in [1.165, 1.54) is 6.07 Å². The summed E-state index contributed by atoms with van der Waals surface area (Å²) in [6.45, 7) is 1.71. The van der Waals surface area contributed by atoms with Crippen molar-refractivity contribution in [2.24, 2.45) is 0 Å². The van der Waals surface area contributed by atoms with Gasteiger partial charge in [0.05, 0.1) is 12.1 Å². The van der Waals surface area contributed by atoms with Crippen LogP contribution in [0.2, 0.25) is 0 Å². The van der Waals surface area contributed by atoms with Crippen LogP contribution in [0.15, 0.2) is 66.7 Å². The van der Waals surface area contributed by atoms with E-state index in [0.29, 0.717) is 11.3 Å². The number of benzene rings is 3. The topological polar surface area (TPSA) is 41.1 Å². The van der Waals surface area contributed by atoms with E-state index in [1.807, 2.05) is 42.5 Å². The van der Waals surface area contributed by atoms with Crippen LogP contribution in [-0.4, -0.2) is 12.5 Å². The molecule has 3 aromatic rings. The zero-order valence-corrected chi connectivity index (χ0v) is 14.7. The molecule has 6 heteroatoms. The number of rotatable bonds is 5. The second-order valence-corrected chi connectivity index (χ2v) is 6.30. The molecule has 0 aliphatic carbocycles. The second-order valence-electron chi connectivity index (χ2n) is 6.30. The molecule has 0 aromatic heterocycles. The molecule has 0 saturated carbocycles. The van der Waals surface area contributed by atoms with E-state index in [4.69, 9.17) is 0 Å². The van der Waals surface area contributed by atoms with Crippen LogP contribution in [0.5, 0.6) is 0 Å². The van der Waals surface area contributed by atoms with Gasteiger partial charge in [-0.2, -0.15) is 13.2 Å². The molecule has 0 radical (unpaired) electrons. The van der Waals surface area contributed by atoms with Crippen molar-refractivity contribution in [3.05, 3.63) is 77.9 Å². The molecule has 0 bridgehead atoms. The van der Waals surface area contributed by atoms with E-state index in [0.717, 1.165) is 22.9 Å². The van der Waals surface area contributed by atoms with Gasteiger partial charge in [0, 0.05) is 17.1 Å². The number of alkyl halides is 3. The summed E-state index contributed by atoms with van der Waals surface area (Å²) in [5, 5.41) is 7.76. The molecule has 0 heterocycles. The van der Waals surface area contributed by atoms with Crippen molar-refractivity contribution < 1.29 is 18.0 Å². The van der Waals surface area contributed by atoms with E-state index in [1.54, 1.807) is 13.0 Å². The highest BCUT2D eigenvalue weighted by atomic mass is 19.4. The summed E-state index contributed by atoms with van der Waals surface area (Å²) < 4.78 is 38.5. The van der Waals surface area contributed by atoms with Crippen LogP contribution in [0.1, 0.15) is 24.1 Å². The van der Waals surface area contributed by atoms with E-state index < -0.39 is 17.8 Å². The summed E-state index contributed by atoms with van der Waals surface area (Å²) in [6, 6.07) is 18.0. The van der Waals surface area contributed by atoms with Gasteiger partial charge in [0.1, 0.15) is 0 Å². The van der Waals surface area contributed by atoms with Gasteiger partial charge >= 0.3 is 6.18 Å². The molecule has 27 heavy (non-hydrogen) atoms. The number of carbonyl (C=O) groups excluding carboxylic acids is 1. The second kappa shape index (κ2) is 7.80. The predicted molar refractivity (Wildman–Crippen MR) is 100 cm³/mol. The van der Waals surface area contributed by atoms with Crippen LogP contribution in [0.4, 0.5) is 18.9 Å². The van der Waals surface area contributed by atoms with Crippen molar-refractivity contribution in [3.63, 3.8) is 0 Å². The maximum atomic E-state index is 12.8. The molecular formula is C21H19F3N2O. The zero-order chi connectivity index (χ0) is 19.4. The highest BCUT2D eigenvalue weighted by Crippen LogP contribution is 2.30. The first-order chi connectivity index (χ1) is 12.8. The lowest BCUT2D eigenvalue weighted by Gasteiger charge is -2.16. The van der Waals surface area contributed by atoms with Crippen molar-refractivity contribution in [3.8, 4) is 0 Å². The molecule has 0 aliphatic heterocycles. The quantitative estimate of drug-likeness (QED) is 0.650. The molecule has 0 spiro atoms. The number of carbonyl (C=O) groups is 1. The van der Waals surface area contributed by atoms with Gasteiger partial charge in [-0.3, -0.25) is 4.79 Å². The molecule has 3 rings (SSSR count). The third kappa shape index (κ3) is 4.65. The predicted octanol–water partition coefficient (Wildman–Crippen LogP) is 5.15. The SMILES string of the molecule is CC(NCC(=O)Nc1cccc2ccccc12)c1cccc(C(F)(F)F)c1. The monoisotopic (exact) mass is 372 g/mol. The summed E-state index contributed by atoms with van der Waals surface area (Å²) in [5.41, 5.74) is 0.475. The fourth-order valence-corrected chi connectivity index (χ4v) is 2.88. The Morgan fingerprint density at radius 3 is 2.48 bits per heavy atom. The van der Waals surface area contributed by atoms with E-state index >= 15 is 0 Å². The molecular weight excluding hydrogens is 353 g/mol. The van der Waals surface area contributed by atoms with Gasteiger partial charge in [0.15, 0.2) is 0 Å². The lowest BCUT2D eigenvalue weighted by molar-refractivity contribution is -0.137. The van der Waals surface area contributed by atoms with Crippen LogP contribution >= 0.6 is 0 Å². The van der Waals surface area contributed by atoms with Crippen LogP contribution in [-0.2, 0) is 11.0 Å². The standard InChI is InChI=1S/C21H19F3N2O/c1-14(16-8-4-9-17(12-16)21(22,23)24)25-13-20(27)26-19-11-5-7-15-6-2-3-10-18(15)19/h2-12,14,25H,13H2,1H3,(H,26,27). The fraction of sp³-hybridized carbons (Fsp3) is 0.190. The Balaban J connectivity index is 1.64. The number of hydrogen-bond donors (Lipinski definition) is 2. The Kier molecular flexibility index (Phi) is 5.46. The van der Waals surface area contributed by atoms with Gasteiger partial charge in [0.25, 0.3) is 0 Å². The van der Waals surface area contributed by atoms with Crippen LogP contribution in [0.25, 0.3) is 10.8 Å². The number of halogens is 3. The van der Waals surface area contributed by atoms with Gasteiger partial charge in [0.2, 0.25) is 5.91 Å². The number of anilines is 1. The summed E-state index contributed by atoms with van der Waals surface area (Å²) in [4.78, 5) is 12.3. The Hall–Kier alpha value is -2.86. The first-order valence-electron chi connectivity index (χ1n) is 8.53. The van der Waals surface area contributed by atoms with Gasteiger partial charge < -0.3 is 10.6 Å². The molecule has 0 fully saturated rings. The molecule has 1 atom stereocenters. The Morgan fingerprint density at radius 1 is 1.00 bits per heavy atom. The van der Waals surface area contributed by atoms with E-state index in [9.17, 15) is 18.0 Å². The Morgan fingerprint density at radius 2 is 1.70 bits per heavy atom. The lowest BCUT2D eigenvalue weighted by Crippen LogP contribution is -2.30. The molecule has 140 valence electrons. The fourth-order valence-electron chi connectivity index (χ4n) is 2.88. The zero-order valence-electron chi connectivity index (χ0n) is 14.7. The largest absolute Gasteiger partial charge is 0.416 e. The number of hydrogen-bond acceptors (Lipinski definition) is 2. The third-order valence-corrected chi connectivity index (χ3v) is 4.35. The minimum Gasteiger partial charge on any atom is -0.324 e. The van der Waals surface area contributed by atoms with Crippen molar-refractivity contribution in [1.82, 2.24) is 5.32 Å². The first kappa shape index (κ1) is 18.9. The van der Waals surface area contributed by atoms with Gasteiger partial charge in [-0.15, -0.1) is 0 Å². The minimum atomic E-state index is -4.39. The highest BCUT2D eigenvalue weighted by molar-refractivity contribution is 6.02. The summed E-state index contributed by atoms with van der Waals surface area (Å²) >= 11 is 0. The maximum absolute atomic E-state index is 12.8. The summed E-state index contributed by atoms with van der Waals surface area (Å²) in [6.07, 6.45) is -4.39. The number of nitrogens with one attached hydrogen (secondary N) is 2. The van der Waals surface area contributed by atoms with Gasteiger partial charge in [-0.1, -0.05) is 48.5 Å². The van der Waals surface area contributed by atoms with E-state index in [2.05, 4.69) is 10.6 Å². The van der Waals surface area contributed by atoms with Gasteiger partial charge in [-0.25, -0.2) is 0 Å². The first-order valence-corrected chi connectivity index (χ1v) is 8.53. The lowest BCUT2D eigenvalue weighted by atomic mass is 10.0. The van der Waals surface area contributed by atoms with Gasteiger partial charge in [-0.05, 0) is 36.1 Å². The van der Waals surface area contributed by atoms with Crippen molar-refractivity contribution in [2.45, 2.75) is 19.1 Å². The molecule has 3 aromatic carbocycles. The van der Waals surface area contributed by atoms with Crippen molar-refractivity contribution in [2.75, 3.05) is 11.9 Å². The molecule has 1 amide bonds. The Bertz CT molecular complexity index is 948. The Labute approximate surface area is 155 Å². The highest BCUT2D eigenvalue weighted by Gasteiger charge is 2.30. The third-order valence-electron chi connectivity index (χ3n) is 4.35. The summed E-state index contributed by atoms with van der Waals surface area (Å²) in [7, 11) is 0. The summed E-state index contributed by atoms with van der Waals surface area (Å²) in [5.74, 6) is -0.259. The molecule has 3 nitrogen and oxygen atoms in total. The minimum absolute atomic E-state index is 0.0133. The van der Waals surface area contributed by atoms with Crippen molar-refractivity contribution in [1.29, 1.82) is 0 Å². The van der Waals surface area contributed by atoms with Crippen LogP contribution < -0.4 is 10.6 Å². The van der Waals surface area contributed by atoms with Crippen LogP contribution in [0, 0.1) is 0 Å². The normalized spacial score (nSPS) is 12.7. The number of fused-ring (bicyclic) bond motifs is 1. The number of amides is 1. The smallest absolute Gasteiger partial charge is 0.324 e. The molecule has 0 saturated heterocycles. The molecule has 2 N–H and O–H groups in total. The van der Waals surface area contributed by atoms with Crippen molar-refractivity contribution >= 4 is 22.4 Å². The average Bonchev–Trinajstić information content (AvgIpc) is 2.66. The van der Waals surface area contributed by atoms with Crippen LogP contribution in [0.3, 0.4) is 0 Å². The maximum Gasteiger partial charge on any atom is 0.416 e. The molecule has 1 unspecified atom stereocenters. The molecule has 0 aliphatic rings.